The molecular weight excluding hydrogens is 428 g/mol. The number of benzene rings is 1. The molecule has 9 heteroatoms. The lowest BCUT2D eigenvalue weighted by atomic mass is 10.1. The standard InChI is InChI=1S/C25H26N8O/c1-25(2,3)33-15-20(13-29-33)24(34)26-11-17-5-7-18(8-6-17)23-22-9-10-27-32(22)16-21(30-23)19-12-28-31(4)14-19/h5-10,12-16H,11H2,1-4H3,(H,26,34). The molecule has 0 aliphatic heterocycles. The van der Waals surface area contributed by atoms with E-state index >= 15 is 0 Å². The van der Waals surface area contributed by atoms with Gasteiger partial charge in [0.05, 0.1) is 52.8 Å². The van der Waals surface area contributed by atoms with Crippen LogP contribution in [0.3, 0.4) is 0 Å². The predicted octanol–water partition coefficient (Wildman–Crippen LogP) is 3.68. The normalized spacial score (nSPS) is 11.8. The SMILES string of the molecule is Cn1cc(-c2cn3nccc3c(-c3ccc(CNC(=O)c4cnn(C(C)(C)C)c4)cc3)n2)cn1. The van der Waals surface area contributed by atoms with Crippen molar-refractivity contribution < 1.29 is 4.79 Å². The molecule has 0 saturated heterocycles. The molecule has 9 nitrogen and oxygen atoms in total. The molecule has 4 aromatic heterocycles. The summed E-state index contributed by atoms with van der Waals surface area (Å²) in [6.07, 6.45) is 10.8. The summed E-state index contributed by atoms with van der Waals surface area (Å²) in [4.78, 5) is 17.4. The Balaban J connectivity index is 1.35. The molecule has 0 saturated carbocycles. The van der Waals surface area contributed by atoms with Crippen LogP contribution < -0.4 is 5.32 Å². The number of hydrogen-bond donors (Lipinski definition) is 1. The third kappa shape index (κ3) is 4.19. The summed E-state index contributed by atoms with van der Waals surface area (Å²) in [5.74, 6) is -0.147. The molecule has 34 heavy (non-hydrogen) atoms. The summed E-state index contributed by atoms with van der Waals surface area (Å²) in [6, 6.07) is 9.98. The van der Waals surface area contributed by atoms with Crippen LogP contribution >= 0.6 is 0 Å². The van der Waals surface area contributed by atoms with Gasteiger partial charge >= 0.3 is 0 Å². The smallest absolute Gasteiger partial charge is 0.254 e. The Kier molecular flexibility index (Phi) is 5.24. The number of rotatable bonds is 5. The van der Waals surface area contributed by atoms with Crippen molar-refractivity contribution in [1.29, 1.82) is 0 Å². The number of aryl methyl sites for hydroxylation is 1. The van der Waals surface area contributed by atoms with Crippen LogP contribution in [-0.4, -0.2) is 40.1 Å². The van der Waals surface area contributed by atoms with Crippen LogP contribution in [0.15, 0.2) is 67.5 Å². The molecule has 1 N–H and O–H groups in total. The minimum absolute atomic E-state index is 0.147. The third-order valence-electron chi connectivity index (χ3n) is 5.60. The second-order valence-corrected chi connectivity index (χ2v) is 9.26. The van der Waals surface area contributed by atoms with E-state index in [4.69, 9.17) is 4.98 Å². The Morgan fingerprint density at radius 2 is 1.74 bits per heavy atom. The Labute approximate surface area is 197 Å². The number of carbonyl (C=O) groups excluding carboxylic acids is 1. The molecule has 5 aromatic rings. The lowest BCUT2D eigenvalue weighted by Gasteiger charge is -2.18. The van der Waals surface area contributed by atoms with Gasteiger partial charge in [-0.2, -0.15) is 15.3 Å². The van der Waals surface area contributed by atoms with Crippen molar-refractivity contribution >= 4 is 11.4 Å². The van der Waals surface area contributed by atoms with Crippen LogP contribution in [0.25, 0.3) is 28.0 Å². The molecule has 0 spiro atoms. The van der Waals surface area contributed by atoms with E-state index in [2.05, 4.69) is 20.6 Å². The van der Waals surface area contributed by atoms with Crippen molar-refractivity contribution in [1.82, 2.24) is 39.5 Å². The number of amides is 1. The monoisotopic (exact) mass is 454 g/mol. The van der Waals surface area contributed by atoms with Crippen molar-refractivity contribution in [2.24, 2.45) is 7.05 Å². The summed E-state index contributed by atoms with van der Waals surface area (Å²) >= 11 is 0. The summed E-state index contributed by atoms with van der Waals surface area (Å²) < 4.78 is 5.37. The third-order valence-corrected chi connectivity index (χ3v) is 5.60. The van der Waals surface area contributed by atoms with Gasteiger partial charge in [-0.05, 0) is 32.4 Å². The summed E-state index contributed by atoms with van der Waals surface area (Å²) in [5, 5.41) is 15.9. The number of hydrogen-bond acceptors (Lipinski definition) is 5. The fourth-order valence-corrected chi connectivity index (χ4v) is 3.70. The quantitative estimate of drug-likeness (QED) is 0.437. The second kappa shape index (κ2) is 8.26. The van der Waals surface area contributed by atoms with Crippen molar-refractivity contribution in [3.8, 4) is 22.5 Å². The van der Waals surface area contributed by atoms with Crippen LogP contribution in [0.4, 0.5) is 0 Å². The molecule has 172 valence electrons. The van der Waals surface area contributed by atoms with E-state index in [0.29, 0.717) is 12.1 Å². The molecule has 0 aliphatic carbocycles. The molecule has 4 heterocycles. The van der Waals surface area contributed by atoms with E-state index in [1.165, 1.54) is 0 Å². The number of fused-ring (bicyclic) bond motifs is 1. The molecule has 1 amide bonds. The summed E-state index contributed by atoms with van der Waals surface area (Å²) in [5.41, 5.74) is 5.82. The average molecular weight is 455 g/mol. The first-order valence-electron chi connectivity index (χ1n) is 11.0. The zero-order chi connectivity index (χ0) is 23.9. The van der Waals surface area contributed by atoms with Gasteiger partial charge in [0.25, 0.3) is 5.91 Å². The summed E-state index contributed by atoms with van der Waals surface area (Å²) in [6.45, 7) is 6.55. The predicted molar refractivity (Wildman–Crippen MR) is 129 cm³/mol. The molecule has 0 fully saturated rings. The first-order valence-corrected chi connectivity index (χ1v) is 11.0. The fourth-order valence-electron chi connectivity index (χ4n) is 3.70. The average Bonchev–Trinajstić information content (AvgIpc) is 3.57. The Hall–Kier alpha value is -4.27. The van der Waals surface area contributed by atoms with E-state index in [1.54, 1.807) is 34.2 Å². The van der Waals surface area contributed by atoms with Gasteiger partial charge in [0.15, 0.2) is 0 Å². The van der Waals surface area contributed by atoms with E-state index in [9.17, 15) is 4.79 Å². The Morgan fingerprint density at radius 3 is 2.41 bits per heavy atom. The van der Waals surface area contributed by atoms with Gasteiger partial charge in [-0.25, -0.2) is 9.50 Å². The van der Waals surface area contributed by atoms with Crippen molar-refractivity contribution in [2.45, 2.75) is 32.9 Å². The maximum absolute atomic E-state index is 12.5. The molecule has 0 aliphatic rings. The number of nitrogens with one attached hydrogen (secondary N) is 1. The Bertz CT molecular complexity index is 1470. The zero-order valence-electron chi connectivity index (χ0n) is 19.6. The molecule has 0 radical (unpaired) electrons. The lowest BCUT2D eigenvalue weighted by molar-refractivity contribution is 0.0950. The second-order valence-electron chi connectivity index (χ2n) is 9.26. The van der Waals surface area contributed by atoms with E-state index in [-0.39, 0.29) is 11.4 Å². The van der Waals surface area contributed by atoms with Gasteiger partial charge in [0, 0.05) is 37.1 Å². The molecule has 0 unspecified atom stereocenters. The highest BCUT2D eigenvalue weighted by Crippen LogP contribution is 2.27. The molecule has 5 rings (SSSR count). The summed E-state index contributed by atoms with van der Waals surface area (Å²) in [7, 11) is 1.88. The first kappa shape index (κ1) is 21.6. The van der Waals surface area contributed by atoms with Gasteiger partial charge in [0.2, 0.25) is 0 Å². The minimum atomic E-state index is -0.169. The fraction of sp³-hybridized carbons (Fsp3) is 0.240. The highest BCUT2D eigenvalue weighted by Gasteiger charge is 2.17. The minimum Gasteiger partial charge on any atom is -0.348 e. The highest BCUT2D eigenvalue weighted by molar-refractivity contribution is 5.93. The van der Waals surface area contributed by atoms with Gasteiger partial charge in [-0.3, -0.25) is 14.2 Å². The molecule has 1 aromatic carbocycles. The number of aromatic nitrogens is 7. The van der Waals surface area contributed by atoms with Crippen LogP contribution in [0.2, 0.25) is 0 Å². The topological polar surface area (TPSA) is 94.9 Å². The Morgan fingerprint density at radius 1 is 0.941 bits per heavy atom. The van der Waals surface area contributed by atoms with Crippen LogP contribution in [0, 0.1) is 0 Å². The zero-order valence-corrected chi connectivity index (χ0v) is 19.6. The van der Waals surface area contributed by atoms with Crippen molar-refractivity contribution in [3.05, 3.63) is 78.6 Å². The lowest BCUT2D eigenvalue weighted by Crippen LogP contribution is -2.24. The van der Waals surface area contributed by atoms with E-state index < -0.39 is 0 Å². The number of nitrogens with zero attached hydrogens (tertiary/aromatic N) is 7. The van der Waals surface area contributed by atoms with Gasteiger partial charge in [-0.15, -0.1) is 0 Å². The van der Waals surface area contributed by atoms with Crippen molar-refractivity contribution in [3.63, 3.8) is 0 Å². The van der Waals surface area contributed by atoms with Gasteiger partial charge in [0.1, 0.15) is 0 Å². The van der Waals surface area contributed by atoms with E-state index in [0.717, 1.165) is 33.6 Å². The largest absolute Gasteiger partial charge is 0.348 e. The van der Waals surface area contributed by atoms with Crippen LogP contribution in [-0.2, 0) is 19.1 Å². The first-order chi connectivity index (χ1) is 16.3. The van der Waals surface area contributed by atoms with Crippen LogP contribution in [0.1, 0.15) is 36.7 Å². The van der Waals surface area contributed by atoms with Crippen molar-refractivity contribution in [2.75, 3.05) is 0 Å². The molecular formula is C25H26N8O. The maximum Gasteiger partial charge on any atom is 0.254 e. The van der Waals surface area contributed by atoms with Gasteiger partial charge in [-0.1, -0.05) is 24.3 Å². The maximum atomic E-state index is 12.5. The number of carbonyl (C=O) groups is 1. The molecule has 0 atom stereocenters. The van der Waals surface area contributed by atoms with Gasteiger partial charge < -0.3 is 5.32 Å². The highest BCUT2D eigenvalue weighted by atomic mass is 16.1. The molecule has 0 bridgehead atoms. The van der Waals surface area contributed by atoms with E-state index in [1.807, 2.05) is 75.1 Å². The van der Waals surface area contributed by atoms with Crippen LogP contribution in [0.5, 0.6) is 0 Å².